The van der Waals surface area contributed by atoms with E-state index in [1.165, 1.54) is 19.8 Å². The Balaban J connectivity index is 2.09. The van der Waals surface area contributed by atoms with E-state index in [0.29, 0.717) is 6.61 Å². The minimum atomic E-state index is -0.203. The molecule has 0 aliphatic carbocycles. The van der Waals surface area contributed by atoms with Gasteiger partial charge in [-0.1, -0.05) is 6.42 Å². The Labute approximate surface area is 67.1 Å². The zero-order chi connectivity index (χ0) is 8.10. The van der Waals surface area contributed by atoms with Gasteiger partial charge in [0, 0.05) is 13.5 Å². The molecular formula is C8H14NO2. The van der Waals surface area contributed by atoms with Crippen LogP contribution in [0.5, 0.6) is 0 Å². The van der Waals surface area contributed by atoms with Crippen LogP contribution in [0.2, 0.25) is 0 Å². The summed E-state index contributed by atoms with van der Waals surface area (Å²) in [7, 11) is 0. The van der Waals surface area contributed by atoms with E-state index in [9.17, 15) is 4.79 Å². The smallest absolute Gasteiger partial charge is 0.302 e. The first-order valence-electron chi connectivity index (χ1n) is 4.09. The summed E-state index contributed by atoms with van der Waals surface area (Å²) in [6.07, 6.45) is 3.49. The van der Waals surface area contributed by atoms with Gasteiger partial charge in [-0.3, -0.25) is 4.79 Å². The number of rotatable bonds is 2. The number of hydrogen-bond acceptors (Lipinski definition) is 2. The van der Waals surface area contributed by atoms with E-state index in [1.54, 1.807) is 0 Å². The number of carbonyl (C=O) groups is 1. The SMILES string of the molecule is CC(=O)OCC1CCCC[N]1. The second kappa shape index (κ2) is 4.34. The molecule has 0 saturated carbocycles. The van der Waals surface area contributed by atoms with E-state index >= 15 is 0 Å². The van der Waals surface area contributed by atoms with E-state index in [1.807, 2.05) is 0 Å². The van der Waals surface area contributed by atoms with E-state index in [0.717, 1.165) is 13.0 Å². The molecule has 0 amide bonds. The van der Waals surface area contributed by atoms with Crippen LogP contribution in [-0.4, -0.2) is 25.2 Å². The average molecular weight is 156 g/mol. The van der Waals surface area contributed by atoms with Gasteiger partial charge in [0.25, 0.3) is 0 Å². The van der Waals surface area contributed by atoms with Crippen molar-refractivity contribution in [3.63, 3.8) is 0 Å². The van der Waals surface area contributed by atoms with Gasteiger partial charge in [-0.05, 0) is 12.8 Å². The molecule has 1 heterocycles. The third kappa shape index (κ3) is 3.37. The van der Waals surface area contributed by atoms with Crippen LogP contribution in [0, 0.1) is 0 Å². The molecule has 0 aromatic rings. The zero-order valence-corrected chi connectivity index (χ0v) is 6.88. The summed E-state index contributed by atoms with van der Waals surface area (Å²) in [5.74, 6) is -0.203. The van der Waals surface area contributed by atoms with Crippen molar-refractivity contribution in [2.45, 2.75) is 32.2 Å². The van der Waals surface area contributed by atoms with Crippen LogP contribution in [0.15, 0.2) is 0 Å². The highest BCUT2D eigenvalue weighted by Crippen LogP contribution is 2.08. The monoisotopic (exact) mass is 156 g/mol. The van der Waals surface area contributed by atoms with Gasteiger partial charge < -0.3 is 4.74 Å². The Bertz CT molecular complexity index is 130. The number of ether oxygens (including phenoxy) is 1. The van der Waals surface area contributed by atoms with Crippen molar-refractivity contribution in [1.29, 1.82) is 0 Å². The number of esters is 1. The Kier molecular flexibility index (Phi) is 3.36. The molecule has 0 aromatic carbocycles. The molecule has 0 aromatic heterocycles. The molecule has 1 aliphatic heterocycles. The van der Waals surface area contributed by atoms with Crippen LogP contribution in [0.25, 0.3) is 0 Å². The highest BCUT2D eigenvalue weighted by Gasteiger charge is 2.14. The summed E-state index contributed by atoms with van der Waals surface area (Å²) in [6, 6.07) is 0.271. The Morgan fingerprint density at radius 1 is 1.64 bits per heavy atom. The molecule has 1 aliphatic rings. The van der Waals surface area contributed by atoms with Gasteiger partial charge in [-0.15, -0.1) is 0 Å². The fourth-order valence-corrected chi connectivity index (χ4v) is 1.21. The first-order chi connectivity index (χ1) is 5.29. The first kappa shape index (κ1) is 8.53. The molecular weight excluding hydrogens is 142 g/mol. The molecule has 3 heteroatoms. The van der Waals surface area contributed by atoms with E-state index in [2.05, 4.69) is 5.32 Å². The summed E-state index contributed by atoms with van der Waals surface area (Å²) in [6.45, 7) is 2.85. The first-order valence-corrected chi connectivity index (χ1v) is 4.09. The summed E-state index contributed by atoms with van der Waals surface area (Å²) in [5, 5.41) is 4.32. The molecule has 1 atom stereocenters. The minimum absolute atomic E-state index is 0.203. The van der Waals surface area contributed by atoms with Crippen molar-refractivity contribution in [1.82, 2.24) is 5.32 Å². The third-order valence-electron chi connectivity index (χ3n) is 1.81. The van der Waals surface area contributed by atoms with Crippen molar-refractivity contribution in [3.8, 4) is 0 Å². The number of piperidine rings is 1. The lowest BCUT2D eigenvalue weighted by Gasteiger charge is -2.20. The van der Waals surface area contributed by atoms with Crippen molar-refractivity contribution in [2.24, 2.45) is 0 Å². The van der Waals surface area contributed by atoms with Crippen molar-refractivity contribution >= 4 is 5.97 Å². The van der Waals surface area contributed by atoms with Gasteiger partial charge in [0.15, 0.2) is 0 Å². The van der Waals surface area contributed by atoms with Crippen LogP contribution in [0.4, 0.5) is 0 Å². The summed E-state index contributed by atoms with van der Waals surface area (Å²) in [5.41, 5.74) is 0. The Morgan fingerprint density at radius 3 is 3.00 bits per heavy atom. The Hall–Kier alpha value is -0.570. The molecule has 0 spiro atoms. The lowest BCUT2D eigenvalue weighted by atomic mass is 10.1. The molecule has 3 nitrogen and oxygen atoms in total. The number of hydrogen-bond donors (Lipinski definition) is 0. The second-order valence-corrected chi connectivity index (χ2v) is 2.86. The minimum Gasteiger partial charge on any atom is -0.464 e. The van der Waals surface area contributed by atoms with E-state index in [4.69, 9.17) is 4.74 Å². The number of nitrogens with zero attached hydrogens (tertiary/aromatic N) is 1. The van der Waals surface area contributed by atoms with Crippen molar-refractivity contribution in [2.75, 3.05) is 13.2 Å². The number of carbonyl (C=O) groups excluding carboxylic acids is 1. The molecule has 1 unspecified atom stereocenters. The fourth-order valence-electron chi connectivity index (χ4n) is 1.21. The van der Waals surface area contributed by atoms with Crippen molar-refractivity contribution < 1.29 is 9.53 Å². The predicted molar refractivity (Wildman–Crippen MR) is 41.3 cm³/mol. The second-order valence-electron chi connectivity index (χ2n) is 2.86. The van der Waals surface area contributed by atoms with E-state index < -0.39 is 0 Å². The van der Waals surface area contributed by atoms with Gasteiger partial charge >= 0.3 is 5.97 Å². The van der Waals surface area contributed by atoms with Gasteiger partial charge in [0.1, 0.15) is 6.61 Å². The lowest BCUT2D eigenvalue weighted by Crippen LogP contribution is -2.32. The molecule has 0 bridgehead atoms. The van der Waals surface area contributed by atoms with Crippen LogP contribution >= 0.6 is 0 Å². The van der Waals surface area contributed by atoms with Crippen LogP contribution in [-0.2, 0) is 9.53 Å². The van der Waals surface area contributed by atoms with Crippen LogP contribution < -0.4 is 5.32 Å². The maximum absolute atomic E-state index is 10.4. The summed E-state index contributed by atoms with van der Waals surface area (Å²) in [4.78, 5) is 10.4. The summed E-state index contributed by atoms with van der Waals surface area (Å²) < 4.78 is 4.85. The molecule has 1 fully saturated rings. The highest BCUT2D eigenvalue weighted by molar-refractivity contribution is 5.65. The maximum Gasteiger partial charge on any atom is 0.302 e. The van der Waals surface area contributed by atoms with Gasteiger partial charge in [0.2, 0.25) is 0 Å². The molecule has 63 valence electrons. The van der Waals surface area contributed by atoms with Crippen LogP contribution in [0.1, 0.15) is 26.2 Å². The standard InChI is InChI=1S/C8H14NO2/c1-7(10)11-6-8-4-2-3-5-9-8/h8H,2-6H2,1H3. The third-order valence-corrected chi connectivity index (χ3v) is 1.81. The van der Waals surface area contributed by atoms with Gasteiger partial charge in [-0.25, -0.2) is 5.32 Å². The lowest BCUT2D eigenvalue weighted by molar-refractivity contribution is -0.141. The van der Waals surface area contributed by atoms with E-state index in [-0.39, 0.29) is 12.0 Å². The molecule has 0 N–H and O–H groups in total. The summed E-state index contributed by atoms with van der Waals surface area (Å²) >= 11 is 0. The Morgan fingerprint density at radius 2 is 2.45 bits per heavy atom. The van der Waals surface area contributed by atoms with Gasteiger partial charge in [0.05, 0.1) is 6.04 Å². The van der Waals surface area contributed by atoms with Gasteiger partial charge in [-0.2, -0.15) is 0 Å². The maximum atomic E-state index is 10.4. The van der Waals surface area contributed by atoms with Crippen molar-refractivity contribution in [3.05, 3.63) is 0 Å². The zero-order valence-electron chi connectivity index (χ0n) is 6.88. The quantitative estimate of drug-likeness (QED) is 0.552. The molecule has 11 heavy (non-hydrogen) atoms. The molecule has 1 radical (unpaired) electrons. The predicted octanol–water partition coefficient (Wildman–Crippen LogP) is 0.706. The average Bonchev–Trinajstić information content (AvgIpc) is 2.03. The molecule has 1 saturated heterocycles. The highest BCUT2D eigenvalue weighted by atomic mass is 16.5. The fraction of sp³-hybridized carbons (Fsp3) is 0.875. The van der Waals surface area contributed by atoms with Crippen LogP contribution in [0.3, 0.4) is 0 Å². The topological polar surface area (TPSA) is 40.4 Å². The largest absolute Gasteiger partial charge is 0.464 e. The molecule has 1 rings (SSSR count). The normalized spacial score (nSPS) is 24.6.